The van der Waals surface area contributed by atoms with Gasteiger partial charge in [0.2, 0.25) is 0 Å². The van der Waals surface area contributed by atoms with Crippen LogP contribution in [0.3, 0.4) is 0 Å². The fourth-order valence-corrected chi connectivity index (χ4v) is 4.75. The Balaban J connectivity index is 2.50. The summed E-state index contributed by atoms with van der Waals surface area (Å²) >= 11 is 7.17. The molecule has 0 atom stereocenters. The van der Waals surface area contributed by atoms with E-state index >= 15 is 0 Å². The third-order valence-electron chi connectivity index (χ3n) is 2.18. The first kappa shape index (κ1) is 12.3. The highest BCUT2D eigenvalue weighted by Crippen LogP contribution is 2.40. The van der Waals surface area contributed by atoms with Gasteiger partial charge in [-0.15, -0.1) is 23.5 Å². The molecule has 0 N–H and O–H groups in total. The average molecular weight is 284 g/mol. The molecule has 2 rings (SSSR count). The monoisotopic (exact) mass is 284 g/mol. The molecule has 2 heterocycles. The summed E-state index contributed by atoms with van der Waals surface area (Å²) in [6, 6.07) is 4.39. The van der Waals surface area contributed by atoms with Crippen LogP contribution in [0.25, 0.3) is 9.81 Å². The highest BCUT2D eigenvalue weighted by molar-refractivity contribution is 8.13. The molecule has 0 unspecified atom stereocenters. The summed E-state index contributed by atoms with van der Waals surface area (Å²) in [6.45, 7) is 0. The van der Waals surface area contributed by atoms with E-state index in [-0.39, 0.29) is 0 Å². The number of thioether (sulfide) groups is 2. The van der Waals surface area contributed by atoms with Crippen LogP contribution in [0, 0.1) is 0 Å². The summed E-state index contributed by atoms with van der Waals surface area (Å²) < 4.78 is 0. The molecular formula is C12H12S4. The van der Waals surface area contributed by atoms with E-state index in [1.54, 1.807) is 22.7 Å². The molecule has 0 bridgehead atoms. The molecule has 0 nitrogen and oxygen atoms in total. The maximum atomic E-state index is 2.22. The lowest BCUT2D eigenvalue weighted by atomic mass is 10.2. The van der Waals surface area contributed by atoms with Crippen LogP contribution in [0.4, 0.5) is 0 Å². The number of thiophene rings is 2. The van der Waals surface area contributed by atoms with E-state index in [2.05, 4.69) is 46.2 Å². The van der Waals surface area contributed by atoms with Gasteiger partial charge in [-0.3, -0.25) is 0 Å². The zero-order valence-corrected chi connectivity index (χ0v) is 12.4. The van der Waals surface area contributed by atoms with Gasteiger partial charge in [-0.1, -0.05) is 0 Å². The topological polar surface area (TPSA) is 0 Å². The van der Waals surface area contributed by atoms with Gasteiger partial charge in [0, 0.05) is 9.81 Å². The van der Waals surface area contributed by atoms with E-state index in [1.165, 1.54) is 20.9 Å². The van der Waals surface area contributed by atoms with Gasteiger partial charge in [-0.2, -0.15) is 22.7 Å². The second kappa shape index (κ2) is 5.96. The highest BCUT2D eigenvalue weighted by Gasteiger charge is 2.10. The van der Waals surface area contributed by atoms with Crippen LogP contribution in [0.5, 0.6) is 0 Å². The third kappa shape index (κ3) is 2.56. The van der Waals surface area contributed by atoms with E-state index in [9.17, 15) is 0 Å². The van der Waals surface area contributed by atoms with Crippen molar-refractivity contribution in [2.24, 2.45) is 0 Å². The standard InChI is InChI=1S/C12H12S4/c1-13-11(9-3-5-15-7-9)12(14-2)10-4-6-16-8-10/h3-8H,1-2H3/b12-11+. The van der Waals surface area contributed by atoms with Crippen LogP contribution < -0.4 is 0 Å². The Morgan fingerprint density at radius 1 is 0.875 bits per heavy atom. The Morgan fingerprint density at radius 3 is 1.56 bits per heavy atom. The maximum absolute atomic E-state index is 2.22. The molecule has 0 aliphatic heterocycles. The molecule has 0 saturated heterocycles. The smallest absolute Gasteiger partial charge is 0.0292 e. The number of hydrogen-bond acceptors (Lipinski definition) is 4. The zero-order chi connectivity index (χ0) is 11.4. The number of rotatable bonds is 4. The fraction of sp³-hybridized carbons (Fsp3) is 0.167. The van der Waals surface area contributed by atoms with E-state index in [0.29, 0.717) is 0 Å². The van der Waals surface area contributed by atoms with Crippen molar-refractivity contribution in [3.8, 4) is 0 Å². The molecule has 0 spiro atoms. The first-order valence-electron chi connectivity index (χ1n) is 4.74. The van der Waals surface area contributed by atoms with E-state index in [0.717, 1.165) is 0 Å². The predicted molar refractivity (Wildman–Crippen MR) is 82.5 cm³/mol. The summed E-state index contributed by atoms with van der Waals surface area (Å²) in [4.78, 5) is 2.76. The highest BCUT2D eigenvalue weighted by atomic mass is 32.2. The normalized spacial score (nSPS) is 12.6. The molecule has 0 amide bonds. The second-order valence-electron chi connectivity index (χ2n) is 3.09. The maximum Gasteiger partial charge on any atom is 0.0292 e. The van der Waals surface area contributed by atoms with Gasteiger partial charge < -0.3 is 0 Å². The summed E-state index contributed by atoms with van der Waals surface area (Å²) in [5.74, 6) is 0. The Bertz CT molecular complexity index is 407. The van der Waals surface area contributed by atoms with Gasteiger partial charge in [0.05, 0.1) is 0 Å². The molecular weight excluding hydrogens is 272 g/mol. The quantitative estimate of drug-likeness (QED) is 0.741. The molecule has 0 aliphatic carbocycles. The van der Waals surface area contributed by atoms with Crippen molar-refractivity contribution >= 4 is 56.0 Å². The Morgan fingerprint density at radius 2 is 1.31 bits per heavy atom. The summed E-state index contributed by atoms with van der Waals surface area (Å²) in [5.41, 5.74) is 2.68. The summed E-state index contributed by atoms with van der Waals surface area (Å²) in [7, 11) is 0. The molecule has 0 aliphatic rings. The van der Waals surface area contributed by atoms with Gasteiger partial charge in [-0.25, -0.2) is 0 Å². The Hall–Kier alpha value is -0.160. The lowest BCUT2D eigenvalue weighted by Gasteiger charge is -2.09. The molecule has 2 aromatic heterocycles. The van der Waals surface area contributed by atoms with Crippen molar-refractivity contribution < 1.29 is 0 Å². The Kier molecular flexibility index (Phi) is 4.58. The molecule has 16 heavy (non-hydrogen) atoms. The molecule has 0 radical (unpaired) electrons. The van der Waals surface area contributed by atoms with Crippen LogP contribution in [0.15, 0.2) is 33.7 Å². The molecule has 0 fully saturated rings. The SMILES string of the molecule is CS/C(=C(/SC)c1ccsc1)c1ccsc1. The first-order chi connectivity index (χ1) is 7.86. The lowest BCUT2D eigenvalue weighted by Crippen LogP contribution is -1.82. The van der Waals surface area contributed by atoms with Gasteiger partial charge >= 0.3 is 0 Å². The summed E-state index contributed by atoms with van der Waals surface area (Å²) in [6.07, 6.45) is 4.30. The largest absolute Gasteiger partial charge is 0.152 e. The third-order valence-corrected chi connectivity index (χ3v) is 5.37. The van der Waals surface area contributed by atoms with Crippen molar-refractivity contribution in [1.82, 2.24) is 0 Å². The summed E-state index contributed by atoms with van der Waals surface area (Å²) in [5, 5.41) is 8.71. The molecule has 4 heteroatoms. The van der Waals surface area contributed by atoms with E-state index in [4.69, 9.17) is 0 Å². The van der Waals surface area contributed by atoms with Crippen molar-refractivity contribution in [2.45, 2.75) is 0 Å². The molecule has 2 aromatic rings. The van der Waals surface area contributed by atoms with Crippen LogP contribution >= 0.6 is 46.2 Å². The van der Waals surface area contributed by atoms with Crippen LogP contribution in [0.1, 0.15) is 11.1 Å². The molecule has 0 saturated carbocycles. The average Bonchev–Trinajstić information content (AvgIpc) is 2.97. The molecule has 0 aromatic carbocycles. The minimum atomic E-state index is 1.34. The van der Waals surface area contributed by atoms with Crippen LogP contribution in [0.2, 0.25) is 0 Å². The van der Waals surface area contributed by atoms with Gasteiger partial charge in [0.15, 0.2) is 0 Å². The predicted octanol–water partition coefficient (Wildman–Crippen LogP) is 5.36. The van der Waals surface area contributed by atoms with Crippen molar-refractivity contribution in [3.05, 3.63) is 44.8 Å². The zero-order valence-electron chi connectivity index (χ0n) is 9.10. The minimum Gasteiger partial charge on any atom is -0.152 e. The minimum absolute atomic E-state index is 1.34. The number of hydrogen-bond donors (Lipinski definition) is 0. The van der Waals surface area contributed by atoms with Gasteiger partial charge in [0.1, 0.15) is 0 Å². The van der Waals surface area contributed by atoms with E-state index in [1.807, 2.05) is 23.5 Å². The van der Waals surface area contributed by atoms with Gasteiger partial charge in [-0.05, 0) is 57.3 Å². The molecule has 84 valence electrons. The van der Waals surface area contributed by atoms with Crippen molar-refractivity contribution in [3.63, 3.8) is 0 Å². The Labute approximate surface area is 113 Å². The van der Waals surface area contributed by atoms with Crippen LogP contribution in [-0.4, -0.2) is 12.5 Å². The fourth-order valence-electron chi connectivity index (χ4n) is 1.47. The van der Waals surface area contributed by atoms with Crippen molar-refractivity contribution in [1.29, 1.82) is 0 Å². The second-order valence-corrected chi connectivity index (χ2v) is 6.28. The van der Waals surface area contributed by atoms with Gasteiger partial charge in [0.25, 0.3) is 0 Å². The van der Waals surface area contributed by atoms with Crippen molar-refractivity contribution in [2.75, 3.05) is 12.5 Å². The first-order valence-corrected chi connectivity index (χ1v) is 9.07. The lowest BCUT2D eigenvalue weighted by molar-refractivity contribution is 1.82. The van der Waals surface area contributed by atoms with E-state index < -0.39 is 0 Å². The van der Waals surface area contributed by atoms with Crippen LogP contribution in [-0.2, 0) is 0 Å².